The number of anilines is 1. The van der Waals surface area contributed by atoms with Crippen LogP contribution in [0.25, 0.3) is 0 Å². The number of nitrogens with zero attached hydrogens (tertiary/aromatic N) is 1. The van der Waals surface area contributed by atoms with Crippen LogP contribution in [-0.4, -0.2) is 16.3 Å². The van der Waals surface area contributed by atoms with Gasteiger partial charge in [-0.3, -0.25) is 9.59 Å². The maximum absolute atomic E-state index is 11.9. The standard InChI is InChI=1S/C14H13BrN2O2/c1-10(18)13-6-3-7-17(13)9-14(19)16-12-5-2-4-11(15)8-12/h2-8H,9H2,1H3,(H,16,19). The number of hydrogen-bond donors (Lipinski definition) is 1. The molecule has 0 aliphatic heterocycles. The molecular formula is C14H13BrN2O2. The van der Waals surface area contributed by atoms with E-state index in [0.717, 1.165) is 10.2 Å². The largest absolute Gasteiger partial charge is 0.336 e. The third-order valence-electron chi connectivity index (χ3n) is 2.61. The quantitative estimate of drug-likeness (QED) is 0.880. The first-order valence-electron chi connectivity index (χ1n) is 5.78. The smallest absolute Gasteiger partial charge is 0.244 e. The molecule has 0 saturated heterocycles. The number of rotatable bonds is 4. The van der Waals surface area contributed by atoms with Gasteiger partial charge < -0.3 is 9.88 Å². The maximum Gasteiger partial charge on any atom is 0.244 e. The van der Waals surface area contributed by atoms with E-state index in [1.54, 1.807) is 22.9 Å². The summed E-state index contributed by atoms with van der Waals surface area (Å²) in [7, 11) is 0. The van der Waals surface area contributed by atoms with Crippen molar-refractivity contribution < 1.29 is 9.59 Å². The summed E-state index contributed by atoms with van der Waals surface area (Å²) < 4.78 is 2.53. The Morgan fingerprint density at radius 2 is 2.05 bits per heavy atom. The summed E-state index contributed by atoms with van der Waals surface area (Å²) in [6.07, 6.45) is 1.72. The van der Waals surface area contributed by atoms with E-state index in [-0.39, 0.29) is 18.2 Å². The van der Waals surface area contributed by atoms with Gasteiger partial charge in [0.15, 0.2) is 5.78 Å². The Balaban J connectivity index is 2.05. The van der Waals surface area contributed by atoms with Crippen LogP contribution in [-0.2, 0) is 11.3 Å². The summed E-state index contributed by atoms with van der Waals surface area (Å²) in [6.45, 7) is 1.60. The zero-order valence-electron chi connectivity index (χ0n) is 10.4. The van der Waals surface area contributed by atoms with Crippen LogP contribution in [0.15, 0.2) is 47.1 Å². The molecule has 0 aliphatic carbocycles. The normalized spacial score (nSPS) is 10.2. The number of halogens is 1. The zero-order chi connectivity index (χ0) is 13.8. The van der Waals surface area contributed by atoms with Crippen LogP contribution in [0.4, 0.5) is 5.69 Å². The Labute approximate surface area is 119 Å². The van der Waals surface area contributed by atoms with Gasteiger partial charge in [0.2, 0.25) is 5.91 Å². The van der Waals surface area contributed by atoms with Gasteiger partial charge in [-0.1, -0.05) is 22.0 Å². The molecule has 0 aliphatic rings. The predicted molar refractivity (Wildman–Crippen MR) is 77.2 cm³/mol. The van der Waals surface area contributed by atoms with E-state index < -0.39 is 0 Å². The number of benzene rings is 1. The summed E-state index contributed by atoms with van der Waals surface area (Å²) in [6, 6.07) is 10.8. The summed E-state index contributed by atoms with van der Waals surface area (Å²) in [5.41, 5.74) is 1.25. The lowest BCUT2D eigenvalue weighted by atomic mass is 10.3. The van der Waals surface area contributed by atoms with E-state index in [1.807, 2.05) is 24.3 Å². The van der Waals surface area contributed by atoms with Crippen molar-refractivity contribution in [2.45, 2.75) is 13.5 Å². The molecule has 1 amide bonds. The first-order valence-corrected chi connectivity index (χ1v) is 6.57. The average molecular weight is 321 g/mol. The summed E-state index contributed by atoms with van der Waals surface area (Å²) in [4.78, 5) is 23.3. The number of hydrogen-bond acceptors (Lipinski definition) is 2. The summed E-state index contributed by atoms with van der Waals surface area (Å²) in [5.74, 6) is -0.225. The number of carbonyl (C=O) groups is 2. The second kappa shape index (κ2) is 5.84. The van der Waals surface area contributed by atoms with Crippen molar-refractivity contribution in [2.75, 3.05) is 5.32 Å². The Kier molecular flexibility index (Phi) is 4.16. The van der Waals surface area contributed by atoms with Gasteiger partial charge in [-0.25, -0.2) is 0 Å². The molecule has 2 rings (SSSR count). The first kappa shape index (κ1) is 13.5. The van der Waals surface area contributed by atoms with Crippen molar-refractivity contribution in [1.82, 2.24) is 4.57 Å². The molecule has 98 valence electrons. The number of Topliss-reactive ketones (excluding diaryl/α,β-unsaturated/α-hetero) is 1. The van der Waals surface area contributed by atoms with Gasteiger partial charge in [0.25, 0.3) is 0 Å². The Bertz CT molecular complexity index is 619. The topological polar surface area (TPSA) is 51.1 Å². The van der Waals surface area contributed by atoms with Gasteiger partial charge in [0.1, 0.15) is 6.54 Å². The van der Waals surface area contributed by atoms with Crippen molar-refractivity contribution in [2.24, 2.45) is 0 Å². The molecule has 0 fully saturated rings. The molecule has 5 heteroatoms. The van der Waals surface area contributed by atoms with E-state index in [2.05, 4.69) is 21.2 Å². The minimum atomic E-state index is -0.170. The van der Waals surface area contributed by atoms with Crippen LogP contribution < -0.4 is 5.32 Å². The highest BCUT2D eigenvalue weighted by molar-refractivity contribution is 9.10. The van der Waals surface area contributed by atoms with Gasteiger partial charge in [-0.15, -0.1) is 0 Å². The van der Waals surface area contributed by atoms with Gasteiger partial charge in [-0.2, -0.15) is 0 Å². The molecule has 0 bridgehead atoms. The molecule has 4 nitrogen and oxygen atoms in total. The van der Waals surface area contributed by atoms with Crippen molar-refractivity contribution in [1.29, 1.82) is 0 Å². The number of aromatic nitrogens is 1. The molecule has 1 heterocycles. The molecular weight excluding hydrogens is 308 g/mol. The molecule has 1 aromatic heterocycles. The Morgan fingerprint density at radius 1 is 1.26 bits per heavy atom. The highest BCUT2D eigenvalue weighted by atomic mass is 79.9. The fourth-order valence-electron chi connectivity index (χ4n) is 1.79. The van der Waals surface area contributed by atoms with Crippen LogP contribution in [0.2, 0.25) is 0 Å². The van der Waals surface area contributed by atoms with Crippen molar-refractivity contribution in [3.63, 3.8) is 0 Å². The molecule has 1 aromatic carbocycles. The highest BCUT2D eigenvalue weighted by Crippen LogP contribution is 2.15. The highest BCUT2D eigenvalue weighted by Gasteiger charge is 2.09. The number of ketones is 1. The van der Waals surface area contributed by atoms with E-state index in [9.17, 15) is 9.59 Å². The Hall–Kier alpha value is -1.88. The molecule has 0 atom stereocenters. The van der Waals surface area contributed by atoms with E-state index >= 15 is 0 Å². The lowest BCUT2D eigenvalue weighted by Crippen LogP contribution is -2.20. The van der Waals surface area contributed by atoms with E-state index in [0.29, 0.717) is 5.69 Å². The lowest BCUT2D eigenvalue weighted by Gasteiger charge is -2.08. The van der Waals surface area contributed by atoms with Crippen molar-refractivity contribution in [3.8, 4) is 0 Å². The van der Waals surface area contributed by atoms with Crippen LogP contribution in [0.3, 0.4) is 0 Å². The minimum absolute atomic E-state index is 0.0553. The summed E-state index contributed by atoms with van der Waals surface area (Å²) in [5, 5.41) is 2.79. The molecule has 0 unspecified atom stereocenters. The third-order valence-corrected chi connectivity index (χ3v) is 3.11. The maximum atomic E-state index is 11.9. The minimum Gasteiger partial charge on any atom is -0.336 e. The van der Waals surface area contributed by atoms with Crippen LogP contribution in [0, 0.1) is 0 Å². The lowest BCUT2D eigenvalue weighted by molar-refractivity contribution is -0.116. The van der Waals surface area contributed by atoms with Gasteiger partial charge in [-0.05, 0) is 30.3 Å². The number of nitrogens with one attached hydrogen (secondary N) is 1. The molecule has 2 aromatic rings. The van der Waals surface area contributed by atoms with Crippen molar-refractivity contribution >= 4 is 33.3 Å². The third kappa shape index (κ3) is 3.54. The Morgan fingerprint density at radius 3 is 2.74 bits per heavy atom. The second-order valence-electron chi connectivity index (χ2n) is 4.14. The predicted octanol–water partition coefficient (Wildman–Crippen LogP) is 3.09. The second-order valence-corrected chi connectivity index (χ2v) is 5.05. The monoisotopic (exact) mass is 320 g/mol. The van der Waals surface area contributed by atoms with Crippen molar-refractivity contribution in [3.05, 3.63) is 52.8 Å². The van der Waals surface area contributed by atoms with E-state index in [1.165, 1.54) is 6.92 Å². The molecule has 0 spiro atoms. The first-order chi connectivity index (χ1) is 9.06. The molecule has 0 radical (unpaired) electrons. The average Bonchev–Trinajstić information content (AvgIpc) is 2.76. The fourth-order valence-corrected chi connectivity index (χ4v) is 2.19. The van der Waals surface area contributed by atoms with Crippen LogP contribution in [0.1, 0.15) is 17.4 Å². The number of amides is 1. The SMILES string of the molecule is CC(=O)c1cccn1CC(=O)Nc1cccc(Br)c1. The van der Waals surface area contributed by atoms with Gasteiger partial charge in [0.05, 0.1) is 5.69 Å². The molecule has 19 heavy (non-hydrogen) atoms. The molecule has 0 saturated carbocycles. The van der Waals surface area contributed by atoms with Gasteiger partial charge in [0, 0.05) is 23.3 Å². The fraction of sp³-hybridized carbons (Fsp3) is 0.143. The van der Waals surface area contributed by atoms with E-state index in [4.69, 9.17) is 0 Å². The molecule has 1 N–H and O–H groups in total. The van der Waals surface area contributed by atoms with Gasteiger partial charge >= 0.3 is 0 Å². The van der Waals surface area contributed by atoms with Crippen LogP contribution >= 0.6 is 15.9 Å². The number of carbonyl (C=O) groups excluding carboxylic acids is 2. The summed E-state index contributed by atoms with van der Waals surface area (Å²) >= 11 is 3.34. The van der Waals surface area contributed by atoms with Crippen LogP contribution in [0.5, 0.6) is 0 Å². The zero-order valence-corrected chi connectivity index (χ0v) is 12.0.